The van der Waals surface area contributed by atoms with E-state index in [1.165, 1.54) is 20.8 Å². The van der Waals surface area contributed by atoms with E-state index >= 15 is 0 Å². The van der Waals surface area contributed by atoms with Gasteiger partial charge in [-0.25, -0.2) is 0 Å². The molecule has 3 heterocycles. The quantitative estimate of drug-likeness (QED) is 0.113. The van der Waals surface area contributed by atoms with Gasteiger partial charge in [0.05, 0.1) is 30.8 Å². The van der Waals surface area contributed by atoms with Crippen molar-refractivity contribution in [3.8, 4) is 11.5 Å². The highest BCUT2D eigenvalue weighted by Gasteiger charge is 2.50. The van der Waals surface area contributed by atoms with Gasteiger partial charge in [0, 0.05) is 31.8 Å². The Kier molecular flexibility index (Phi) is 15.4. The van der Waals surface area contributed by atoms with Crippen LogP contribution in [0.3, 0.4) is 0 Å². The first-order valence-electron chi connectivity index (χ1n) is 19.1. The van der Waals surface area contributed by atoms with E-state index in [-0.39, 0.29) is 5.56 Å². The molecule has 3 aliphatic heterocycles. The minimum absolute atomic E-state index is 0.313. The van der Waals surface area contributed by atoms with Gasteiger partial charge < -0.3 is 88.5 Å². The lowest BCUT2D eigenvalue weighted by Crippen LogP contribution is -2.64. The number of nitrogens with zero attached hydrogens (tertiary/aromatic N) is 2. The van der Waals surface area contributed by atoms with Crippen molar-refractivity contribution in [3.05, 3.63) is 23.8 Å². The van der Waals surface area contributed by atoms with Gasteiger partial charge in [0.2, 0.25) is 41.4 Å². The Morgan fingerprint density at radius 2 is 1.38 bits per heavy atom. The molecule has 334 valence electrons. The first-order chi connectivity index (χ1) is 27.9. The molecule has 0 saturated carbocycles. The van der Waals surface area contributed by atoms with Crippen LogP contribution in [-0.4, -0.2) is 183 Å². The normalized spacial score (nSPS) is 33.1. The molecule has 14 atom stereocenters. The Labute approximate surface area is 342 Å². The number of phenolic OH excluding ortho intramolecular Hbond substituents is 2. The highest BCUT2D eigenvalue weighted by Crippen LogP contribution is 2.31. The number of aliphatic hydroxyl groups is 7. The van der Waals surface area contributed by atoms with Gasteiger partial charge in [0.25, 0.3) is 0 Å². The zero-order valence-electron chi connectivity index (χ0n) is 32.9. The van der Waals surface area contributed by atoms with Crippen molar-refractivity contribution in [1.82, 2.24) is 31.1 Å². The molecule has 0 aromatic heterocycles. The number of rotatable bonds is 7. The van der Waals surface area contributed by atoms with Gasteiger partial charge in [-0.2, -0.15) is 0 Å². The van der Waals surface area contributed by atoms with E-state index in [9.17, 15) is 79.5 Å². The molecule has 3 fully saturated rings. The average Bonchev–Trinajstić information content (AvgIpc) is 3.71. The van der Waals surface area contributed by atoms with E-state index in [0.717, 1.165) is 23.1 Å². The number of nitrogens with two attached hydrogens (primary N) is 2. The fourth-order valence-corrected chi connectivity index (χ4v) is 7.36. The van der Waals surface area contributed by atoms with Crippen LogP contribution in [0.25, 0.3) is 0 Å². The average molecular weight is 855 g/mol. The van der Waals surface area contributed by atoms with Gasteiger partial charge >= 0.3 is 0 Å². The topological polar surface area (TPSA) is 408 Å². The van der Waals surface area contributed by atoms with Crippen LogP contribution in [-0.2, 0) is 33.6 Å². The zero-order valence-corrected chi connectivity index (χ0v) is 32.9. The molecule has 0 radical (unpaired) electrons. The second-order valence-electron chi connectivity index (χ2n) is 15.8. The first-order valence-corrected chi connectivity index (χ1v) is 19.1. The molecular weight excluding hydrogens is 800 g/mol. The number of nitrogens with one attached hydrogen (secondary N) is 4. The van der Waals surface area contributed by atoms with E-state index in [2.05, 4.69) is 16.0 Å². The standard InChI is InChI=1S/C36H54N8O16/c1-12(2)23-35(59)43-11-15(45)7-17(43)31(55)41-25(29(53)28(52)14-4-5-18(46)19(47)6-14)33(57)40-24(20(48)9-22(38)50)36(60)44-10-13(3)27(51)26(44)34(58)42-32(56)21(49)8-16(37)30(54)39-23/h4-6,12-13,15-17,20-21,23-29,32,45-49,51-53,56H,7-11,37H2,1-3H3,(H2,38,50)(H,39,54)(H,40,57)(H,41,55)(H,42,58)/t13-,15+,16-,17-,20+,21+,23-,24-,25-,26-,27-,28-,29-,32+/m0/s1. The summed E-state index contributed by atoms with van der Waals surface area (Å²) in [5.41, 5.74) is 11.0. The summed E-state index contributed by atoms with van der Waals surface area (Å²) in [7, 11) is 0. The fraction of sp³-hybridized carbons (Fsp3) is 0.639. The minimum atomic E-state index is -2.41. The van der Waals surface area contributed by atoms with Crippen LogP contribution in [0.5, 0.6) is 11.5 Å². The number of carbonyl (C=O) groups excluding carboxylic acids is 7. The molecule has 3 saturated heterocycles. The number of carbonyl (C=O) groups is 7. The van der Waals surface area contributed by atoms with Crippen molar-refractivity contribution < 1.29 is 79.5 Å². The number of phenols is 2. The lowest BCUT2D eigenvalue weighted by molar-refractivity contribution is -0.149. The molecule has 0 spiro atoms. The number of aliphatic hydroxyl groups excluding tert-OH is 7. The molecule has 4 rings (SSSR count). The number of fused-ring (bicyclic) bond motifs is 2. The molecule has 0 bridgehead atoms. The predicted molar refractivity (Wildman–Crippen MR) is 201 cm³/mol. The van der Waals surface area contributed by atoms with Gasteiger partial charge in [-0.15, -0.1) is 0 Å². The van der Waals surface area contributed by atoms with Crippen LogP contribution in [0, 0.1) is 11.8 Å². The van der Waals surface area contributed by atoms with Crippen molar-refractivity contribution in [2.45, 2.75) is 119 Å². The fourth-order valence-electron chi connectivity index (χ4n) is 7.36. The van der Waals surface area contributed by atoms with Crippen molar-refractivity contribution in [2.75, 3.05) is 13.1 Å². The second-order valence-corrected chi connectivity index (χ2v) is 15.8. The summed E-state index contributed by atoms with van der Waals surface area (Å²) in [6.45, 7) is 3.56. The van der Waals surface area contributed by atoms with Gasteiger partial charge in [0.15, 0.2) is 17.7 Å². The number of hydrogen-bond acceptors (Lipinski definition) is 17. The summed E-state index contributed by atoms with van der Waals surface area (Å²) < 4.78 is 0. The molecule has 0 unspecified atom stereocenters. The molecule has 24 heteroatoms. The summed E-state index contributed by atoms with van der Waals surface area (Å²) in [6.07, 6.45) is -16.1. The summed E-state index contributed by atoms with van der Waals surface area (Å²) in [5.74, 6) is -11.4. The summed E-state index contributed by atoms with van der Waals surface area (Å²) >= 11 is 0. The largest absolute Gasteiger partial charge is 0.504 e. The minimum Gasteiger partial charge on any atom is -0.504 e. The van der Waals surface area contributed by atoms with Crippen molar-refractivity contribution in [3.63, 3.8) is 0 Å². The van der Waals surface area contributed by atoms with Gasteiger partial charge in [0.1, 0.15) is 48.5 Å². The van der Waals surface area contributed by atoms with Crippen LogP contribution in [0.1, 0.15) is 51.7 Å². The SMILES string of the molecule is CC(C)[C@@H]1NC(=O)[C@@H](N)C[C@@H](O)[C@@H](O)NC(=O)[C@@H]2[C@@H](O)[C@@H](C)CN2C(=O)[C@H]([C@H](O)CC(N)=O)NC(=O)[C@H]([C@H](O)[C@@H](O)c2ccc(O)c(O)c2)NC(=O)[C@@H]2C[C@@H](O)CN2C1=O. The van der Waals surface area contributed by atoms with Gasteiger partial charge in [-0.3, -0.25) is 33.6 Å². The Balaban J connectivity index is 1.86. The van der Waals surface area contributed by atoms with Crippen LogP contribution in [0.15, 0.2) is 18.2 Å². The number of benzene rings is 1. The predicted octanol–water partition coefficient (Wildman–Crippen LogP) is -7.47. The molecule has 24 nitrogen and oxygen atoms in total. The Hall–Kier alpha value is -5.21. The molecule has 17 N–H and O–H groups in total. The highest BCUT2D eigenvalue weighted by atomic mass is 16.3. The van der Waals surface area contributed by atoms with Crippen LogP contribution < -0.4 is 32.7 Å². The third-order valence-corrected chi connectivity index (χ3v) is 10.8. The Bertz CT molecular complexity index is 1800. The molecule has 1 aromatic carbocycles. The van der Waals surface area contributed by atoms with E-state index in [4.69, 9.17) is 11.5 Å². The third-order valence-electron chi connectivity index (χ3n) is 10.8. The summed E-state index contributed by atoms with van der Waals surface area (Å²) in [5, 5.41) is 106. The van der Waals surface area contributed by atoms with Crippen molar-refractivity contribution >= 4 is 41.4 Å². The maximum atomic E-state index is 14.3. The van der Waals surface area contributed by atoms with Crippen molar-refractivity contribution in [1.29, 1.82) is 0 Å². The maximum absolute atomic E-state index is 14.3. The molecule has 7 amide bonds. The number of aromatic hydroxyl groups is 2. The molecule has 0 aliphatic carbocycles. The summed E-state index contributed by atoms with van der Waals surface area (Å²) in [4.78, 5) is 96.9. The number of primary amides is 1. The Morgan fingerprint density at radius 3 is 1.98 bits per heavy atom. The maximum Gasteiger partial charge on any atom is 0.248 e. The number of hydrogen-bond donors (Lipinski definition) is 15. The van der Waals surface area contributed by atoms with Crippen LogP contribution in [0.4, 0.5) is 0 Å². The van der Waals surface area contributed by atoms with E-state index in [1.54, 1.807) is 0 Å². The third kappa shape index (κ3) is 10.6. The zero-order chi connectivity index (χ0) is 45.1. The Morgan fingerprint density at radius 1 is 0.783 bits per heavy atom. The van der Waals surface area contributed by atoms with Gasteiger partial charge in [-0.05, 0) is 23.6 Å². The van der Waals surface area contributed by atoms with Gasteiger partial charge in [-0.1, -0.05) is 26.8 Å². The van der Waals surface area contributed by atoms with Crippen LogP contribution in [0.2, 0.25) is 0 Å². The molecule has 3 aliphatic rings. The van der Waals surface area contributed by atoms with E-state index in [1.807, 2.05) is 5.32 Å². The molecule has 60 heavy (non-hydrogen) atoms. The molecular formula is C36H54N8O16. The summed E-state index contributed by atoms with van der Waals surface area (Å²) in [6, 6.07) is -8.36. The number of amides is 7. The lowest BCUT2D eigenvalue weighted by Gasteiger charge is -2.34. The first kappa shape index (κ1) is 47.5. The van der Waals surface area contributed by atoms with Crippen molar-refractivity contribution in [2.24, 2.45) is 23.3 Å². The lowest BCUT2D eigenvalue weighted by atomic mass is 9.96. The van der Waals surface area contributed by atoms with E-state index in [0.29, 0.717) is 4.90 Å². The molecule has 1 aromatic rings. The monoisotopic (exact) mass is 854 g/mol. The highest BCUT2D eigenvalue weighted by molar-refractivity contribution is 5.98. The second kappa shape index (κ2) is 19.4. The van der Waals surface area contributed by atoms with E-state index < -0.39 is 176 Å². The van der Waals surface area contributed by atoms with Crippen LogP contribution >= 0.6 is 0 Å². The smallest absolute Gasteiger partial charge is 0.248 e.